The zero-order valence-electron chi connectivity index (χ0n) is 12.8. The first-order valence-electron chi connectivity index (χ1n) is 7.30. The maximum absolute atomic E-state index is 12.3. The highest BCUT2D eigenvalue weighted by molar-refractivity contribution is 5.86. The molecule has 1 aromatic carbocycles. The Morgan fingerprint density at radius 3 is 2.91 bits per heavy atom. The first kappa shape index (κ1) is 16.3. The van der Waals surface area contributed by atoms with Crippen LogP contribution in [0.1, 0.15) is 25.3 Å². The van der Waals surface area contributed by atoms with Gasteiger partial charge in [0.2, 0.25) is 0 Å². The van der Waals surface area contributed by atoms with Gasteiger partial charge in [0.1, 0.15) is 17.9 Å². The quantitative estimate of drug-likeness (QED) is 0.865. The molecule has 22 heavy (non-hydrogen) atoms. The summed E-state index contributed by atoms with van der Waals surface area (Å²) in [5.74, 6) is -0.496. The van der Waals surface area contributed by atoms with Gasteiger partial charge in [-0.2, -0.15) is 0 Å². The average Bonchev–Trinajstić information content (AvgIpc) is 3.01. The van der Waals surface area contributed by atoms with Gasteiger partial charge in [0, 0.05) is 6.54 Å². The zero-order valence-corrected chi connectivity index (χ0v) is 12.8. The number of nitrogens with zero attached hydrogens (tertiary/aromatic N) is 1. The van der Waals surface area contributed by atoms with Crippen LogP contribution in [0.2, 0.25) is 0 Å². The van der Waals surface area contributed by atoms with E-state index >= 15 is 0 Å². The monoisotopic (exact) mass is 307 g/mol. The normalized spacial score (nSPS) is 19.0. The number of rotatable bonds is 6. The highest BCUT2D eigenvalue weighted by Crippen LogP contribution is 2.20. The first-order valence-corrected chi connectivity index (χ1v) is 7.30. The van der Waals surface area contributed by atoms with Crippen molar-refractivity contribution in [2.45, 2.75) is 38.5 Å². The molecule has 1 fully saturated rings. The van der Waals surface area contributed by atoms with Crippen LogP contribution in [0.4, 0.5) is 0 Å². The number of hydrogen-bond acceptors (Lipinski definition) is 4. The lowest BCUT2D eigenvalue weighted by molar-refractivity contribution is -0.153. The predicted molar refractivity (Wildman–Crippen MR) is 79.6 cm³/mol. The van der Waals surface area contributed by atoms with Crippen LogP contribution < -0.4 is 4.74 Å². The Hall–Kier alpha value is -2.08. The number of ether oxygens (including phenoxy) is 2. The molecule has 2 rings (SSSR count). The molecule has 120 valence electrons. The standard InChI is InChI=1S/C16H21NO5/c1-11(15(18)17-8-4-7-14(17)16(19)20)22-10-12-5-3-6-13(9-12)21-2/h3,5-6,9,11,14H,4,7-8,10H2,1-2H3,(H,19,20)/t11?,14-/m1/s1. The third-order valence-corrected chi connectivity index (χ3v) is 3.80. The van der Waals surface area contributed by atoms with Gasteiger partial charge in [-0.1, -0.05) is 12.1 Å². The molecule has 6 nitrogen and oxygen atoms in total. The van der Waals surface area contributed by atoms with Crippen molar-refractivity contribution in [2.24, 2.45) is 0 Å². The molecular weight excluding hydrogens is 286 g/mol. The molecular formula is C16H21NO5. The lowest BCUT2D eigenvalue weighted by Gasteiger charge is -2.25. The number of carboxylic acid groups (broad SMARTS) is 1. The molecule has 1 N–H and O–H groups in total. The van der Waals surface area contributed by atoms with E-state index in [0.29, 0.717) is 19.4 Å². The second-order valence-corrected chi connectivity index (χ2v) is 5.33. The Kier molecular flexibility index (Phi) is 5.38. The molecule has 1 aliphatic rings. The van der Waals surface area contributed by atoms with E-state index in [4.69, 9.17) is 14.6 Å². The summed E-state index contributed by atoms with van der Waals surface area (Å²) in [6.07, 6.45) is 0.542. The van der Waals surface area contributed by atoms with E-state index in [2.05, 4.69) is 0 Å². The Bertz CT molecular complexity index is 545. The van der Waals surface area contributed by atoms with Crippen LogP contribution in [0.15, 0.2) is 24.3 Å². The van der Waals surface area contributed by atoms with E-state index in [1.165, 1.54) is 4.90 Å². The molecule has 1 aromatic rings. The second-order valence-electron chi connectivity index (χ2n) is 5.33. The van der Waals surface area contributed by atoms with Gasteiger partial charge in [0.15, 0.2) is 0 Å². The molecule has 0 aliphatic carbocycles. The minimum Gasteiger partial charge on any atom is -0.497 e. The van der Waals surface area contributed by atoms with Crippen molar-refractivity contribution in [3.05, 3.63) is 29.8 Å². The average molecular weight is 307 g/mol. The Labute approximate surface area is 129 Å². The molecule has 1 amide bonds. The fraction of sp³-hybridized carbons (Fsp3) is 0.500. The van der Waals surface area contributed by atoms with Gasteiger partial charge in [0.25, 0.3) is 5.91 Å². The van der Waals surface area contributed by atoms with E-state index in [1.807, 2.05) is 24.3 Å². The van der Waals surface area contributed by atoms with Crippen molar-refractivity contribution in [1.29, 1.82) is 0 Å². The summed E-state index contributed by atoms with van der Waals surface area (Å²) in [5.41, 5.74) is 0.898. The van der Waals surface area contributed by atoms with Crippen molar-refractivity contribution in [3.63, 3.8) is 0 Å². The Morgan fingerprint density at radius 2 is 2.23 bits per heavy atom. The van der Waals surface area contributed by atoms with Crippen molar-refractivity contribution in [1.82, 2.24) is 4.90 Å². The van der Waals surface area contributed by atoms with Crippen molar-refractivity contribution in [3.8, 4) is 5.75 Å². The second kappa shape index (κ2) is 7.26. The fourth-order valence-electron chi connectivity index (χ4n) is 2.58. The number of likely N-dealkylation sites (tertiary alicyclic amines) is 1. The van der Waals surface area contributed by atoms with Gasteiger partial charge < -0.3 is 19.5 Å². The van der Waals surface area contributed by atoms with Crippen LogP contribution in [0.25, 0.3) is 0 Å². The molecule has 1 aliphatic heterocycles. The number of hydrogen-bond donors (Lipinski definition) is 1. The van der Waals surface area contributed by atoms with E-state index in [-0.39, 0.29) is 12.5 Å². The summed E-state index contributed by atoms with van der Waals surface area (Å²) in [7, 11) is 1.59. The number of methoxy groups -OCH3 is 1. The molecule has 0 spiro atoms. The predicted octanol–water partition coefficient (Wildman–Crippen LogP) is 1.68. The minimum atomic E-state index is -0.953. The smallest absolute Gasteiger partial charge is 0.326 e. The van der Waals surface area contributed by atoms with Gasteiger partial charge in [0.05, 0.1) is 13.7 Å². The highest BCUT2D eigenvalue weighted by atomic mass is 16.5. The summed E-state index contributed by atoms with van der Waals surface area (Å²) >= 11 is 0. The Morgan fingerprint density at radius 1 is 1.45 bits per heavy atom. The van der Waals surface area contributed by atoms with Gasteiger partial charge in [-0.3, -0.25) is 4.79 Å². The number of carboxylic acids is 1. The van der Waals surface area contributed by atoms with Gasteiger partial charge in [-0.25, -0.2) is 4.79 Å². The van der Waals surface area contributed by atoms with E-state index in [0.717, 1.165) is 11.3 Å². The third-order valence-electron chi connectivity index (χ3n) is 3.80. The van der Waals surface area contributed by atoms with Crippen LogP contribution in [0, 0.1) is 0 Å². The van der Waals surface area contributed by atoms with Crippen LogP contribution in [-0.4, -0.2) is 47.7 Å². The van der Waals surface area contributed by atoms with Crippen LogP contribution in [0.5, 0.6) is 5.75 Å². The minimum absolute atomic E-state index is 0.271. The maximum Gasteiger partial charge on any atom is 0.326 e. The Balaban J connectivity index is 1.92. The molecule has 1 heterocycles. The van der Waals surface area contributed by atoms with Crippen LogP contribution >= 0.6 is 0 Å². The molecule has 1 unspecified atom stereocenters. The van der Waals surface area contributed by atoms with Crippen molar-refractivity contribution < 1.29 is 24.2 Å². The molecule has 0 aromatic heterocycles. The fourth-order valence-corrected chi connectivity index (χ4v) is 2.58. The van der Waals surface area contributed by atoms with Crippen molar-refractivity contribution in [2.75, 3.05) is 13.7 Å². The zero-order chi connectivity index (χ0) is 16.1. The van der Waals surface area contributed by atoms with E-state index in [1.54, 1.807) is 14.0 Å². The lowest BCUT2D eigenvalue weighted by Crippen LogP contribution is -2.45. The molecule has 2 atom stereocenters. The molecule has 6 heteroatoms. The molecule has 0 bridgehead atoms. The number of aliphatic carboxylic acids is 1. The molecule has 1 saturated heterocycles. The maximum atomic E-state index is 12.3. The third kappa shape index (κ3) is 3.76. The van der Waals surface area contributed by atoms with Crippen LogP contribution in [0.3, 0.4) is 0 Å². The van der Waals surface area contributed by atoms with E-state index < -0.39 is 18.1 Å². The van der Waals surface area contributed by atoms with Crippen molar-refractivity contribution >= 4 is 11.9 Å². The summed E-state index contributed by atoms with van der Waals surface area (Å²) in [4.78, 5) is 24.9. The van der Waals surface area contributed by atoms with Gasteiger partial charge in [-0.05, 0) is 37.5 Å². The van der Waals surface area contributed by atoms with Gasteiger partial charge in [-0.15, -0.1) is 0 Å². The number of amides is 1. The summed E-state index contributed by atoms with van der Waals surface area (Å²) in [6, 6.07) is 6.68. The summed E-state index contributed by atoms with van der Waals surface area (Å²) in [6.45, 7) is 2.40. The van der Waals surface area contributed by atoms with Gasteiger partial charge >= 0.3 is 5.97 Å². The molecule has 0 radical (unpaired) electrons. The van der Waals surface area contributed by atoms with Crippen LogP contribution in [-0.2, 0) is 20.9 Å². The molecule has 0 saturated carbocycles. The number of carbonyl (C=O) groups is 2. The summed E-state index contributed by atoms with van der Waals surface area (Å²) in [5, 5.41) is 9.13. The number of benzene rings is 1. The first-order chi connectivity index (χ1) is 10.5. The largest absolute Gasteiger partial charge is 0.497 e. The SMILES string of the molecule is COc1cccc(COC(C)C(=O)N2CCC[C@@H]2C(=O)O)c1. The van der Waals surface area contributed by atoms with E-state index in [9.17, 15) is 9.59 Å². The topological polar surface area (TPSA) is 76.1 Å². The highest BCUT2D eigenvalue weighted by Gasteiger charge is 2.36. The summed E-state index contributed by atoms with van der Waals surface area (Å²) < 4.78 is 10.7. The lowest BCUT2D eigenvalue weighted by atomic mass is 10.2. The number of carbonyl (C=O) groups excluding carboxylic acids is 1.